The minimum atomic E-state index is -0.291. The number of anilines is 1. The summed E-state index contributed by atoms with van der Waals surface area (Å²) in [7, 11) is 0. The van der Waals surface area contributed by atoms with Gasteiger partial charge in [-0.2, -0.15) is 0 Å². The van der Waals surface area contributed by atoms with E-state index in [1.807, 2.05) is 24.3 Å². The van der Waals surface area contributed by atoms with E-state index in [9.17, 15) is 4.79 Å². The molecule has 4 nitrogen and oxygen atoms in total. The monoisotopic (exact) mass is 349 g/mol. The highest BCUT2D eigenvalue weighted by molar-refractivity contribution is 9.10. The van der Waals surface area contributed by atoms with Gasteiger partial charge < -0.3 is 15.2 Å². The number of hydrogen-bond donors (Lipinski definition) is 1. The maximum Gasteiger partial charge on any atom is 0.309 e. The van der Waals surface area contributed by atoms with Crippen molar-refractivity contribution in [1.82, 2.24) is 0 Å². The molecular weight excluding hydrogens is 334 g/mol. The van der Waals surface area contributed by atoms with Gasteiger partial charge in [0.15, 0.2) is 0 Å². The molecule has 2 aromatic rings. The van der Waals surface area contributed by atoms with Crippen LogP contribution >= 0.6 is 15.9 Å². The summed E-state index contributed by atoms with van der Waals surface area (Å²) in [6.45, 7) is 0.529. The molecule has 2 N–H and O–H groups in total. The summed E-state index contributed by atoms with van der Waals surface area (Å²) in [6, 6.07) is 14.7. The van der Waals surface area contributed by atoms with Gasteiger partial charge in [-0.3, -0.25) is 4.79 Å². The van der Waals surface area contributed by atoms with Crippen LogP contribution in [0.5, 0.6) is 5.75 Å². The number of nitrogen functional groups attached to an aromatic ring is 1. The van der Waals surface area contributed by atoms with Crippen LogP contribution in [0.2, 0.25) is 0 Å². The van der Waals surface area contributed by atoms with Crippen molar-refractivity contribution in [1.29, 1.82) is 0 Å². The summed E-state index contributed by atoms with van der Waals surface area (Å²) in [5.41, 5.74) is 7.19. The second-order valence-corrected chi connectivity index (χ2v) is 5.27. The topological polar surface area (TPSA) is 61.5 Å². The minimum absolute atomic E-state index is 0.203. The number of ether oxygens (including phenoxy) is 2. The maximum absolute atomic E-state index is 11.6. The molecule has 21 heavy (non-hydrogen) atoms. The van der Waals surface area contributed by atoms with Gasteiger partial charge in [0.25, 0.3) is 0 Å². The maximum atomic E-state index is 11.6. The summed E-state index contributed by atoms with van der Waals surface area (Å²) >= 11 is 3.41. The fourth-order valence-electron chi connectivity index (χ4n) is 1.66. The third-order valence-electron chi connectivity index (χ3n) is 2.80. The van der Waals surface area contributed by atoms with E-state index in [2.05, 4.69) is 15.9 Å². The molecule has 0 aromatic heterocycles. The molecule has 0 bridgehead atoms. The predicted octanol–water partition coefficient (Wildman–Crippen LogP) is 3.54. The zero-order valence-corrected chi connectivity index (χ0v) is 13.0. The Hall–Kier alpha value is -2.01. The van der Waals surface area contributed by atoms with Crippen molar-refractivity contribution in [3.05, 3.63) is 58.6 Å². The zero-order chi connectivity index (χ0) is 15.1. The lowest BCUT2D eigenvalue weighted by Crippen LogP contribution is -2.10. The summed E-state index contributed by atoms with van der Waals surface area (Å²) in [6.07, 6.45) is 0.203. The molecule has 0 aliphatic carbocycles. The highest BCUT2D eigenvalue weighted by Crippen LogP contribution is 2.17. The van der Waals surface area contributed by atoms with Gasteiger partial charge in [-0.05, 0) is 30.3 Å². The van der Waals surface area contributed by atoms with Crippen molar-refractivity contribution in [3.8, 4) is 5.75 Å². The molecule has 0 aliphatic rings. The number of carbonyl (C=O) groups is 1. The van der Waals surface area contributed by atoms with Crippen LogP contribution in [0.4, 0.5) is 5.69 Å². The van der Waals surface area contributed by atoms with Crippen molar-refractivity contribution < 1.29 is 14.3 Å². The number of halogens is 1. The number of benzene rings is 2. The van der Waals surface area contributed by atoms with Gasteiger partial charge in [-0.25, -0.2) is 0 Å². The van der Waals surface area contributed by atoms with Crippen molar-refractivity contribution in [2.24, 2.45) is 0 Å². The Balaban J connectivity index is 1.70. The summed E-state index contributed by atoms with van der Waals surface area (Å²) in [5, 5.41) is 0. The molecule has 0 amide bonds. The van der Waals surface area contributed by atoms with Gasteiger partial charge in [-0.1, -0.05) is 34.1 Å². The molecule has 0 heterocycles. The van der Waals surface area contributed by atoms with Crippen LogP contribution in [0.1, 0.15) is 12.0 Å². The average molecular weight is 350 g/mol. The van der Waals surface area contributed by atoms with Crippen LogP contribution in [-0.2, 0) is 16.1 Å². The van der Waals surface area contributed by atoms with Crippen LogP contribution in [0.25, 0.3) is 0 Å². The highest BCUT2D eigenvalue weighted by atomic mass is 79.9. The first-order valence-corrected chi connectivity index (χ1v) is 7.32. The third-order valence-corrected chi connectivity index (χ3v) is 3.58. The van der Waals surface area contributed by atoms with E-state index in [1.165, 1.54) is 0 Å². The SMILES string of the molecule is Nc1ccc(OCCC(=O)OCc2ccccc2Br)cc1. The largest absolute Gasteiger partial charge is 0.493 e. The van der Waals surface area contributed by atoms with E-state index in [0.29, 0.717) is 11.4 Å². The molecule has 0 aliphatic heterocycles. The normalized spacial score (nSPS) is 10.1. The molecule has 5 heteroatoms. The Morgan fingerprint density at radius 3 is 2.52 bits per heavy atom. The summed E-state index contributed by atoms with van der Waals surface area (Å²) in [4.78, 5) is 11.6. The summed E-state index contributed by atoms with van der Waals surface area (Å²) < 4.78 is 11.6. The number of hydrogen-bond acceptors (Lipinski definition) is 4. The molecular formula is C16H16BrNO3. The second-order valence-electron chi connectivity index (χ2n) is 4.42. The van der Waals surface area contributed by atoms with E-state index >= 15 is 0 Å². The first-order valence-electron chi connectivity index (χ1n) is 6.52. The van der Waals surface area contributed by atoms with E-state index in [0.717, 1.165) is 10.0 Å². The predicted molar refractivity (Wildman–Crippen MR) is 84.9 cm³/mol. The Morgan fingerprint density at radius 2 is 1.81 bits per heavy atom. The van der Waals surface area contributed by atoms with Gasteiger partial charge >= 0.3 is 5.97 Å². The first kappa shape index (κ1) is 15.4. The number of esters is 1. The van der Waals surface area contributed by atoms with Crippen molar-refractivity contribution >= 4 is 27.6 Å². The van der Waals surface area contributed by atoms with Gasteiger partial charge in [0.1, 0.15) is 12.4 Å². The van der Waals surface area contributed by atoms with Crippen molar-refractivity contribution in [2.45, 2.75) is 13.0 Å². The fraction of sp³-hybridized carbons (Fsp3) is 0.188. The smallest absolute Gasteiger partial charge is 0.309 e. The molecule has 0 fully saturated rings. The number of carbonyl (C=O) groups excluding carboxylic acids is 1. The fourth-order valence-corrected chi connectivity index (χ4v) is 2.06. The summed E-state index contributed by atoms with van der Waals surface area (Å²) in [5.74, 6) is 0.393. The van der Waals surface area contributed by atoms with E-state index < -0.39 is 0 Å². The molecule has 0 saturated carbocycles. The Labute approximate surface area is 132 Å². The minimum Gasteiger partial charge on any atom is -0.493 e. The molecule has 0 atom stereocenters. The van der Waals surface area contributed by atoms with Crippen LogP contribution in [0.15, 0.2) is 53.0 Å². The zero-order valence-electron chi connectivity index (χ0n) is 11.4. The standard InChI is InChI=1S/C16H16BrNO3/c17-15-4-2-1-3-12(15)11-21-16(19)9-10-20-14-7-5-13(18)6-8-14/h1-8H,9-11,18H2. The molecule has 0 radical (unpaired) electrons. The van der Waals surface area contributed by atoms with Crippen LogP contribution in [0.3, 0.4) is 0 Å². The van der Waals surface area contributed by atoms with E-state index in [4.69, 9.17) is 15.2 Å². The second kappa shape index (κ2) is 7.69. The quantitative estimate of drug-likeness (QED) is 0.639. The molecule has 110 valence electrons. The number of rotatable bonds is 6. The molecule has 2 aromatic carbocycles. The Kier molecular flexibility index (Phi) is 5.63. The van der Waals surface area contributed by atoms with Gasteiger partial charge in [0, 0.05) is 15.7 Å². The Bertz CT molecular complexity index is 599. The lowest BCUT2D eigenvalue weighted by molar-refractivity contribution is -0.145. The molecule has 2 rings (SSSR count). The number of nitrogens with two attached hydrogens (primary N) is 1. The molecule has 0 saturated heterocycles. The molecule has 0 unspecified atom stereocenters. The van der Waals surface area contributed by atoms with Crippen LogP contribution in [0, 0.1) is 0 Å². The van der Waals surface area contributed by atoms with Crippen molar-refractivity contribution in [2.75, 3.05) is 12.3 Å². The van der Waals surface area contributed by atoms with E-state index in [1.54, 1.807) is 24.3 Å². The molecule has 0 spiro atoms. The van der Waals surface area contributed by atoms with Gasteiger partial charge in [0.2, 0.25) is 0 Å². The van der Waals surface area contributed by atoms with Crippen LogP contribution < -0.4 is 10.5 Å². The third kappa shape index (κ3) is 5.11. The lowest BCUT2D eigenvalue weighted by Gasteiger charge is -2.08. The van der Waals surface area contributed by atoms with E-state index in [-0.39, 0.29) is 25.6 Å². The Morgan fingerprint density at radius 1 is 1.10 bits per heavy atom. The van der Waals surface area contributed by atoms with Crippen molar-refractivity contribution in [3.63, 3.8) is 0 Å². The van der Waals surface area contributed by atoms with Gasteiger partial charge in [0.05, 0.1) is 13.0 Å². The van der Waals surface area contributed by atoms with Crippen LogP contribution in [-0.4, -0.2) is 12.6 Å². The first-order chi connectivity index (χ1) is 10.1. The lowest BCUT2D eigenvalue weighted by atomic mass is 10.2. The highest BCUT2D eigenvalue weighted by Gasteiger charge is 2.06. The average Bonchev–Trinajstić information content (AvgIpc) is 2.48. The van der Waals surface area contributed by atoms with Gasteiger partial charge in [-0.15, -0.1) is 0 Å².